The van der Waals surface area contributed by atoms with Gasteiger partial charge >= 0.3 is 6.18 Å². The predicted molar refractivity (Wildman–Crippen MR) is 57.7 cm³/mol. The number of aromatic nitrogens is 2. The van der Waals surface area contributed by atoms with Crippen molar-refractivity contribution >= 4 is 11.0 Å². The number of benzene rings is 1. The Hall–Kier alpha value is -1.52. The molecule has 90 valence electrons. The molecular weight excluding hydrogens is 229 g/mol. The highest BCUT2D eigenvalue weighted by molar-refractivity contribution is 5.77. The highest BCUT2D eigenvalue weighted by Crippen LogP contribution is 2.42. The average Bonchev–Trinajstić information content (AvgIpc) is 2.97. The molecule has 0 N–H and O–H groups in total. The Morgan fingerprint density at radius 1 is 1.29 bits per heavy atom. The van der Waals surface area contributed by atoms with Gasteiger partial charge in [0.15, 0.2) is 0 Å². The molecule has 17 heavy (non-hydrogen) atoms. The highest BCUT2D eigenvalue weighted by atomic mass is 19.4. The van der Waals surface area contributed by atoms with Gasteiger partial charge in [-0.05, 0) is 37.5 Å². The van der Waals surface area contributed by atoms with Crippen LogP contribution in [0.1, 0.15) is 30.3 Å². The summed E-state index contributed by atoms with van der Waals surface area (Å²) in [6.45, 7) is 1.85. The van der Waals surface area contributed by atoms with Crippen molar-refractivity contribution in [3.63, 3.8) is 0 Å². The Morgan fingerprint density at radius 3 is 2.59 bits per heavy atom. The smallest absolute Gasteiger partial charge is 0.317 e. The van der Waals surface area contributed by atoms with Crippen LogP contribution >= 0.6 is 0 Å². The molecule has 2 aromatic rings. The lowest BCUT2D eigenvalue weighted by Gasteiger charge is -2.09. The van der Waals surface area contributed by atoms with Gasteiger partial charge in [0.2, 0.25) is 5.82 Å². The van der Waals surface area contributed by atoms with Crippen LogP contribution in [0.15, 0.2) is 18.2 Å². The summed E-state index contributed by atoms with van der Waals surface area (Å²) in [6, 6.07) is 5.22. The number of rotatable bonds is 1. The van der Waals surface area contributed by atoms with E-state index in [-0.39, 0.29) is 6.04 Å². The molecule has 3 rings (SSSR count). The summed E-state index contributed by atoms with van der Waals surface area (Å²) >= 11 is 0. The van der Waals surface area contributed by atoms with E-state index in [2.05, 4.69) is 4.98 Å². The predicted octanol–water partition coefficient (Wildman–Crippen LogP) is 3.70. The van der Waals surface area contributed by atoms with Crippen molar-refractivity contribution in [3.05, 3.63) is 29.6 Å². The maximum Gasteiger partial charge on any atom is 0.449 e. The Morgan fingerprint density at radius 2 is 2.00 bits per heavy atom. The Labute approximate surface area is 96.1 Å². The summed E-state index contributed by atoms with van der Waals surface area (Å²) in [7, 11) is 0. The summed E-state index contributed by atoms with van der Waals surface area (Å²) in [4.78, 5) is 3.74. The maximum absolute atomic E-state index is 12.9. The van der Waals surface area contributed by atoms with E-state index in [9.17, 15) is 13.2 Å². The second-order valence-corrected chi connectivity index (χ2v) is 4.53. The number of alkyl halides is 3. The summed E-state index contributed by atoms with van der Waals surface area (Å²) < 4.78 is 40.0. The van der Waals surface area contributed by atoms with Crippen molar-refractivity contribution in [1.29, 1.82) is 0 Å². The molecular formula is C12H11F3N2. The Kier molecular flexibility index (Phi) is 2.03. The van der Waals surface area contributed by atoms with Crippen LogP contribution in [0.25, 0.3) is 11.0 Å². The minimum atomic E-state index is -4.38. The third kappa shape index (κ3) is 1.69. The van der Waals surface area contributed by atoms with E-state index < -0.39 is 12.0 Å². The Balaban J connectivity index is 2.30. The molecule has 1 heterocycles. The van der Waals surface area contributed by atoms with Crippen LogP contribution in [0.3, 0.4) is 0 Å². The zero-order valence-electron chi connectivity index (χ0n) is 9.25. The number of hydrogen-bond acceptors (Lipinski definition) is 1. The fourth-order valence-electron chi connectivity index (χ4n) is 2.11. The maximum atomic E-state index is 12.9. The lowest BCUT2D eigenvalue weighted by Crippen LogP contribution is -2.14. The van der Waals surface area contributed by atoms with Crippen molar-refractivity contribution < 1.29 is 13.2 Å². The highest BCUT2D eigenvalue weighted by Gasteiger charge is 2.41. The third-order valence-electron chi connectivity index (χ3n) is 3.01. The number of imidazole rings is 1. The van der Waals surface area contributed by atoms with E-state index in [0.717, 1.165) is 18.4 Å². The Bertz CT molecular complexity index is 579. The molecule has 0 spiro atoms. The molecule has 1 aromatic heterocycles. The SMILES string of the molecule is Cc1ccc2c(c1)nc(C(F)(F)F)n2C1CC1. The molecule has 1 fully saturated rings. The van der Waals surface area contributed by atoms with E-state index in [1.54, 1.807) is 12.1 Å². The van der Waals surface area contributed by atoms with E-state index >= 15 is 0 Å². The standard InChI is InChI=1S/C12H11F3N2/c1-7-2-5-10-9(6-7)16-11(12(13,14)15)17(10)8-3-4-8/h2,5-6,8H,3-4H2,1H3. The van der Waals surface area contributed by atoms with Crippen molar-refractivity contribution in [1.82, 2.24) is 9.55 Å². The number of halogens is 3. The van der Waals surface area contributed by atoms with Gasteiger partial charge in [-0.25, -0.2) is 4.98 Å². The number of aryl methyl sites for hydroxylation is 1. The van der Waals surface area contributed by atoms with E-state index in [0.29, 0.717) is 11.0 Å². The molecule has 1 saturated carbocycles. The monoisotopic (exact) mass is 240 g/mol. The molecule has 1 aromatic carbocycles. The molecule has 0 amide bonds. The zero-order valence-corrected chi connectivity index (χ0v) is 9.25. The quantitative estimate of drug-likeness (QED) is 0.743. The van der Waals surface area contributed by atoms with Crippen LogP contribution in [0.4, 0.5) is 13.2 Å². The minimum Gasteiger partial charge on any atom is -0.317 e. The molecule has 0 atom stereocenters. The van der Waals surface area contributed by atoms with Gasteiger partial charge in [-0.2, -0.15) is 13.2 Å². The van der Waals surface area contributed by atoms with Crippen LogP contribution in [-0.2, 0) is 6.18 Å². The summed E-state index contributed by atoms with van der Waals surface area (Å²) in [5, 5.41) is 0. The molecule has 0 saturated heterocycles. The first-order chi connectivity index (χ1) is 7.97. The van der Waals surface area contributed by atoms with Crippen LogP contribution in [0.2, 0.25) is 0 Å². The van der Waals surface area contributed by atoms with Gasteiger partial charge in [-0.1, -0.05) is 6.07 Å². The first-order valence-electron chi connectivity index (χ1n) is 5.52. The zero-order chi connectivity index (χ0) is 12.2. The van der Waals surface area contributed by atoms with Crippen molar-refractivity contribution in [2.24, 2.45) is 0 Å². The van der Waals surface area contributed by atoms with Crippen molar-refractivity contribution in [2.45, 2.75) is 32.0 Å². The van der Waals surface area contributed by atoms with Gasteiger partial charge in [0.25, 0.3) is 0 Å². The molecule has 1 aliphatic carbocycles. The molecule has 0 radical (unpaired) electrons. The molecule has 0 aliphatic heterocycles. The number of hydrogen-bond donors (Lipinski definition) is 0. The topological polar surface area (TPSA) is 17.8 Å². The molecule has 2 nitrogen and oxygen atoms in total. The lowest BCUT2D eigenvalue weighted by atomic mass is 10.2. The second kappa shape index (κ2) is 3.24. The van der Waals surface area contributed by atoms with E-state index in [4.69, 9.17) is 0 Å². The molecule has 5 heteroatoms. The largest absolute Gasteiger partial charge is 0.449 e. The number of fused-ring (bicyclic) bond motifs is 1. The van der Waals surface area contributed by atoms with Crippen LogP contribution < -0.4 is 0 Å². The van der Waals surface area contributed by atoms with Gasteiger partial charge in [-0.3, -0.25) is 0 Å². The first-order valence-corrected chi connectivity index (χ1v) is 5.52. The van der Waals surface area contributed by atoms with Gasteiger partial charge in [0.05, 0.1) is 11.0 Å². The fourth-order valence-corrected chi connectivity index (χ4v) is 2.11. The summed E-state index contributed by atoms with van der Waals surface area (Å²) in [5.41, 5.74) is 1.95. The van der Waals surface area contributed by atoms with Gasteiger partial charge < -0.3 is 4.57 Å². The van der Waals surface area contributed by atoms with E-state index in [1.807, 2.05) is 13.0 Å². The van der Waals surface area contributed by atoms with Crippen molar-refractivity contribution in [2.75, 3.05) is 0 Å². The fraction of sp³-hybridized carbons (Fsp3) is 0.417. The first kappa shape index (κ1) is 10.6. The second-order valence-electron chi connectivity index (χ2n) is 4.53. The van der Waals surface area contributed by atoms with Gasteiger partial charge in [0, 0.05) is 6.04 Å². The van der Waals surface area contributed by atoms with Crippen LogP contribution in [0.5, 0.6) is 0 Å². The van der Waals surface area contributed by atoms with Gasteiger partial charge in [-0.15, -0.1) is 0 Å². The van der Waals surface area contributed by atoms with Gasteiger partial charge in [0.1, 0.15) is 0 Å². The molecule has 0 unspecified atom stereocenters. The summed E-state index contributed by atoms with van der Waals surface area (Å²) in [6.07, 6.45) is -2.76. The molecule has 0 bridgehead atoms. The normalized spacial score (nSPS) is 16.7. The summed E-state index contributed by atoms with van der Waals surface area (Å²) in [5.74, 6) is -0.763. The minimum absolute atomic E-state index is 0.0284. The van der Waals surface area contributed by atoms with Crippen molar-refractivity contribution in [3.8, 4) is 0 Å². The average molecular weight is 240 g/mol. The molecule has 1 aliphatic rings. The van der Waals surface area contributed by atoms with E-state index in [1.165, 1.54) is 4.57 Å². The van der Waals surface area contributed by atoms with Crippen LogP contribution in [-0.4, -0.2) is 9.55 Å². The van der Waals surface area contributed by atoms with Crippen LogP contribution in [0, 0.1) is 6.92 Å². The number of nitrogens with zero attached hydrogens (tertiary/aromatic N) is 2. The lowest BCUT2D eigenvalue weighted by molar-refractivity contribution is -0.147. The third-order valence-corrected chi connectivity index (χ3v) is 3.01.